The Labute approximate surface area is 103 Å². The summed E-state index contributed by atoms with van der Waals surface area (Å²) in [6, 6.07) is 11.9. The summed E-state index contributed by atoms with van der Waals surface area (Å²) in [5.74, 6) is 0.672. The molecule has 1 nitrogen and oxygen atoms in total. The van der Waals surface area contributed by atoms with Crippen LogP contribution in [0.25, 0.3) is 10.9 Å². The van der Waals surface area contributed by atoms with Crippen molar-refractivity contribution >= 4 is 10.9 Å². The van der Waals surface area contributed by atoms with Gasteiger partial charge < -0.3 is 0 Å². The molecular weight excluding hydrogens is 206 g/mol. The molecule has 1 aliphatic rings. The number of fused-ring (bicyclic) bond motifs is 1. The summed E-state index contributed by atoms with van der Waals surface area (Å²) in [6.45, 7) is 2.11. The molecule has 0 spiro atoms. The lowest BCUT2D eigenvalue weighted by atomic mass is 9.86. The van der Waals surface area contributed by atoms with Crippen LogP contribution in [0.5, 0.6) is 0 Å². The minimum Gasteiger partial charge on any atom is -0.253 e. The summed E-state index contributed by atoms with van der Waals surface area (Å²) in [6.07, 6.45) is 6.72. The summed E-state index contributed by atoms with van der Waals surface area (Å²) in [4.78, 5) is 4.81. The molecule has 0 atom stereocenters. The van der Waals surface area contributed by atoms with Crippen molar-refractivity contribution in [1.82, 2.24) is 4.98 Å². The quantitative estimate of drug-likeness (QED) is 0.700. The summed E-state index contributed by atoms with van der Waals surface area (Å²) >= 11 is 0. The maximum atomic E-state index is 4.81. The summed E-state index contributed by atoms with van der Waals surface area (Å²) < 4.78 is 0. The SMILES string of the molecule is Cc1ccc2nc(C3CCCCC3)c[c]c2c1. The van der Waals surface area contributed by atoms with Gasteiger partial charge in [-0.15, -0.1) is 0 Å². The molecule has 1 aromatic heterocycles. The second kappa shape index (κ2) is 4.48. The van der Waals surface area contributed by atoms with Crippen LogP contribution >= 0.6 is 0 Å². The molecule has 1 fully saturated rings. The fourth-order valence-corrected chi connectivity index (χ4v) is 2.79. The molecule has 1 heterocycles. The number of nitrogens with zero attached hydrogens (tertiary/aromatic N) is 1. The molecule has 3 rings (SSSR count). The molecule has 87 valence electrons. The van der Waals surface area contributed by atoms with Gasteiger partial charge >= 0.3 is 0 Å². The van der Waals surface area contributed by atoms with Gasteiger partial charge in [0.1, 0.15) is 0 Å². The van der Waals surface area contributed by atoms with Crippen molar-refractivity contribution in [2.45, 2.75) is 44.9 Å². The highest BCUT2D eigenvalue weighted by Gasteiger charge is 2.16. The number of benzene rings is 1. The molecule has 0 N–H and O–H groups in total. The summed E-state index contributed by atoms with van der Waals surface area (Å²) in [5.41, 5.74) is 3.63. The second-order valence-corrected chi connectivity index (χ2v) is 5.18. The Hall–Kier alpha value is -1.37. The van der Waals surface area contributed by atoms with Crippen LogP contribution in [0.15, 0.2) is 24.3 Å². The van der Waals surface area contributed by atoms with Crippen LogP contribution in [-0.4, -0.2) is 4.98 Å². The van der Waals surface area contributed by atoms with Gasteiger partial charge in [0.15, 0.2) is 0 Å². The Morgan fingerprint density at radius 3 is 2.82 bits per heavy atom. The van der Waals surface area contributed by atoms with Crippen LogP contribution in [-0.2, 0) is 0 Å². The minimum absolute atomic E-state index is 0.672. The Balaban J connectivity index is 1.98. The largest absolute Gasteiger partial charge is 0.253 e. The molecular formula is C16H18N. The Morgan fingerprint density at radius 1 is 1.18 bits per heavy atom. The van der Waals surface area contributed by atoms with E-state index in [1.165, 1.54) is 43.4 Å². The Morgan fingerprint density at radius 2 is 2.00 bits per heavy atom. The van der Waals surface area contributed by atoms with Gasteiger partial charge in [0.25, 0.3) is 0 Å². The molecule has 1 heteroatoms. The number of aromatic nitrogens is 1. The van der Waals surface area contributed by atoms with Crippen molar-refractivity contribution in [2.24, 2.45) is 0 Å². The van der Waals surface area contributed by atoms with E-state index in [0.29, 0.717) is 5.92 Å². The molecule has 0 aliphatic heterocycles. The van der Waals surface area contributed by atoms with Gasteiger partial charge in [-0.1, -0.05) is 30.9 Å². The maximum Gasteiger partial charge on any atom is 0.0711 e. The van der Waals surface area contributed by atoms with Crippen molar-refractivity contribution in [3.8, 4) is 0 Å². The average molecular weight is 224 g/mol. The smallest absolute Gasteiger partial charge is 0.0711 e. The van der Waals surface area contributed by atoms with Crippen LogP contribution < -0.4 is 0 Å². The van der Waals surface area contributed by atoms with Crippen LogP contribution in [0, 0.1) is 13.0 Å². The molecule has 1 saturated carbocycles. The first-order chi connectivity index (χ1) is 8.33. The third kappa shape index (κ3) is 2.19. The van der Waals surface area contributed by atoms with Crippen molar-refractivity contribution in [3.63, 3.8) is 0 Å². The Kier molecular flexibility index (Phi) is 2.84. The fourth-order valence-electron chi connectivity index (χ4n) is 2.79. The van der Waals surface area contributed by atoms with E-state index in [9.17, 15) is 0 Å². The van der Waals surface area contributed by atoms with Crippen molar-refractivity contribution in [3.05, 3.63) is 41.6 Å². The number of hydrogen-bond acceptors (Lipinski definition) is 1. The monoisotopic (exact) mass is 224 g/mol. The second-order valence-electron chi connectivity index (χ2n) is 5.18. The van der Waals surface area contributed by atoms with E-state index in [2.05, 4.69) is 37.3 Å². The average Bonchev–Trinajstić information content (AvgIpc) is 2.39. The fraction of sp³-hybridized carbons (Fsp3) is 0.438. The van der Waals surface area contributed by atoms with Crippen LogP contribution in [0.3, 0.4) is 0 Å². The predicted molar refractivity (Wildman–Crippen MR) is 71.1 cm³/mol. The van der Waals surface area contributed by atoms with E-state index in [1.54, 1.807) is 0 Å². The number of aryl methyl sites for hydroxylation is 1. The van der Waals surface area contributed by atoms with E-state index < -0.39 is 0 Å². The third-order valence-electron chi connectivity index (χ3n) is 3.80. The van der Waals surface area contributed by atoms with Crippen LogP contribution in [0.2, 0.25) is 0 Å². The first kappa shape index (κ1) is 10.8. The predicted octanol–water partition coefficient (Wildman–Crippen LogP) is 4.39. The van der Waals surface area contributed by atoms with Crippen molar-refractivity contribution < 1.29 is 0 Å². The molecule has 0 saturated heterocycles. The number of rotatable bonds is 1. The van der Waals surface area contributed by atoms with E-state index in [4.69, 9.17) is 4.98 Å². The lowest BCUT2D eigenvalue weighted by Gasteiger charge is -2.21. The Bertz CT molecular complexity index is 524. The van der Waals surface area contributed by atoms with Gasteiger partial charge in [-0.05, 0) is 44.0 Å². The van der Waals surface area contributed by atoms with E-state index in [1.807, 2.05) is 0 Å². The standard InChI is InChI=1S/C16H18N/c1-12-7-9-16-14(11-12)8-10-15(17-16)13-5-3-2-4-6-13/h7,9-11,13H,2-6H2,1H3. The highest BCUT2D eigenvalue weighted by molar-refractivity contribution is 5.78. The molecule has 1 aromatic carbocycles. The van der Waals surface area contributed by atoms with E-state index in [0.717, 1.165) is 10.9 Å². The molecule has 0 unspecified atom stereocenters. The van der Waals surface area contributed by atoms with Gasteiger partial charge in [0.05, 0.1) is 5.52 Å². The minimum atomic E-state index is 0.672. The molecule has 0 amide bonds. The zero-order valence-corrected chi connectivity index (χ0v) is 10.4. The molecule has 1 aliphatic carbocycles. The van der Waals surface area contributed by atoms with E-state index in [-0.39, 0.29) is 0 Å². The lowest BCUT2D eigenvalue weighted by molar-refractivity contribution is 0.437. The number of hydrogen-bond donors (Lipinski definition) is 0. The maximum absolute atomic E-state index is 4.81. The topological polar surface area (TPSA) is 12.9 Å². The first-order valence-electron chi connectivity index (χ1n) is 6.62. The van der Waals surface area contributed by atoms with Gasteiger partial charge in [0.2, 0.25) is 0 Å². The number of pyridine rings is 1. The van der Waals surface area contributed by atoms with Gasteiger partial charge in [-0.2, -0.15) is 0 Å². The van der Waals surface area contributed by atoms with Gasteiger partial charge in [0, 0.05) is 17.0 Å². The van der Waals surface area contributed by atoms with Gasteiger partial charge in [-0.3, -0.25) is 4.98 Å². The highest BCUT2D eigenvalue weighted by atomic mass is 14.7. The van der Waals surface area contributed by atoms with E-state index >= 15 is 0 Å². The highest BCUT2D eigenvalue weighted by Crippen LogP contribution is 2.32. The molecule has 1 radical (unpaired) electrons. The first-order valence-corrected chi connectivity index (χ1v) is 6.62. The summed E-state index contributed by atoms with van der Waals surface area (Å²) in [5, 5.41) is 1.14. The van der Waals surface area contributed by atoms with Crippen molar-refractivity contribution in [2.75, 3.05) is 0 Å². The van der Waals surface area contributed by atoms with Crippen molar-refractivity contribution in [1.29, 1.82) is 0 Å². The molecule has 17 heavy (non-hydrogen) atoms. The third-order valence-corrected chi connectivity index (χ3v) is 3.80. The zero-order chi connectivity index (χ0) is 11.7. The van der Waals surface area contributed by atoms with Crippen LogP contribution in [0.4, 0.5) is 0 Å². The molecule has 2 aromatic rings. The van der Waals surface area contributed by atoms with Crippen LogP contribution in [0.1, 0.15) is 49.3 Å². The lowest BCUT2D eigenvalue weighted by Crippen LogP contribution is -2.06. The molecule has 0 bridgehead atoms. The normalized spacial score (nSPS) is 17.5. The zero-order valence-electron chi connectivity index (χ0n) is 10.4. The summed E-state index contributed by atoms with van der Waals surface area (Å²) in [7, 11) is 0. The van der Waals surface area contributed by atoms with Gasteiger partial charge in [-0.25, -0.2) is 0 Å².